The molecule has 0 saturated heterocycles. The van der Waals surface area contributed by atoms with Gasteiger partial charge >= 0.3 is 11.9 Å². The maximum absolute atomic E-state index is 11.5. The van der Waals surface area contributed by atoms with Crippen LogP contribution in [0.15, 0.2) is 12.1 Å². The van der Waals surface area contributed by atoms with Crippen LogP contribution in [0.1, 0.15) is 16.7 Å². The molecule has 1 aliphatic heterocycles. The fraction of sp³-hybridized carbons (Fsp3) is 0.333. The van der Waals surface area contributed by atoms with Gasteiger partial charge in [-0.2, -0.15) is 0 Å². The van der Waals surface area contributed by atoms with Gasteiger partial charge in [-0.05, 0) is 30.5 Å². The molecule has 1 aromatic carbocycles. The summed E-state index contributed by atoms with van der Waals surface area (Å²) < 4.78 is 5.10. The average Bonchev–Trinajstić information content (AvgIpc) is 2.23. The molecule has 84 valence electrons. The highest BCUT2D eigenvalue weighted by molar-refractivity contribution is 5.96. The number of benzene rings is 1. The number of carboxylic acid groups (broad SMARTS) is 1. The van der Waals surface area contributed by atoms with Crippen LogP contribution < -0.4 is 4.74 Å². The van der Waals surface area contributed by atoms with E-state index in [1.807, 2.05) is 26.0 Å². The molecule has 0 amide bonds. The molecule has 4 heteroatoms. The van der Waals surface area contributed by atoms with Crippen molar-refractivity contribution in [2.24, 2.45) is 5.92 Å². The molecule has 0 aliphatic carbocycles. The summed E-state index contributed by atoms with van der Waals surface area (Å²) in [6.07, 6.45) is 0.213. The van der Waals surface area contributed by atoms with Crippen molar-refractivity contribution in [3.05, 3.63) is 28.8 Å². The Morgan fingerprint density at radius 2 is 2.12 bits per heavy atom. The SMILES string of the molecule is Cc1ccc2c(c1C)OC(=O)C(C(=O)O)C2. The van der Waals surface area contributed by atoms with Crippen molar-refractivity contribution < 1.29 is 19.4 Å². The number of ether oxygens (including phenoxy) is 1. The molecular formula is C12H12O4. The molecule has 2 rings (SSSR count). The van der Waals surface area contributed by atoms with Crippen LogP contribution in [-0.2, 0) is 16.0 Å². The lowest BCUT2D eigenvalue weighted by Crippen LogP contribution is -2.34. The second-order valence-corrected chi connectivity index (χ2v) is 4.01. The minimum Gasteiger partial charge on any atom is -0.481 e. The summed E-state index contributed by atoms with van der Waals surface area (Å²) in [4.78, 5) is 22.3. The Hall–Kier alpha value is -1.84. The number of esters is 1. The maximum Gasteiger partial charge on any atom is 0.326 e. The second-order valence-electron chi connectivity index (χ2n) is 4.01. The van der Waals surface area contributed by atoms with Crippen LogP contribution >= 0.6 is 0 Å². The van der Waals surface area contributed by atoms with Crippen LogP contribution in [0, 0.1) is 19.8 Å². The van der Waals surface area contributed by atoms with Crippen LogP contribution in [0.5, 0.6) is 5.75 Å². The average molecular weight is 220 g/mol. The van der Waals surface area contributed by atoms with Crippen molar-refractivity contribution >= 4 is 11.9 Å². The summed E-state index contributed by atoms with van der Waals surface area (Å²) in [5, 5.41) is 8.86. The molecule has 1 aliphatic rings. The van der Waals surface area contributed by atoms with Crippen LogP contribution in [-0.4, -0.2) is 17.0 Å². The molecule has 1 N–H and O–H groups in total. The van der Waals surface area contributed by atoms with Crippen LogP contribution in [0.2, 0.25) is 0 Å². The number of carboxylic acids is 1. The van der Waals surface area contributed by atoms with E-state index in [9.17, 15) is 9.59 Å². The number of hydrogen-bond donors (Lipinski definition) is 1. The van der Waals surface area contributed by atoms with Gasteiger partial charge in [-0.1, -0.05) is 12.1 Å². The molecule has 0 spiro atoms. The quantitative estimate of drug-likeness (QED) is 0.442. The van der Waals surface area contributed by atoms with Gasteiger partial charge in [-0.3, -0.25) is 9.59 Å². The monoisotopic (exact) mass is 220 g/mol. The highest BCUT2D eigenvalue weighted by Crippen LogP contribution is 2.33. The third kappa shape index (κ3) is 1.56. The van der Waals surface area contributed by atoms with Gasteiger partial charge in [0.1, 0.15) is 5.75 Å². The first-order valence-electron chi connectivity index (χ1n) is 5.04. The number of carbonyl (C=O) groups is 2. The van der Waals surface area contributed by atoms with Gasteiger partial charge in [0, 0.05) is 6.42 Å². The smallest absolute Gasteiger partial charge is 0.326 e. The molecule has 0 aromatic heterocycles. The van der Waals surface area contributed by atoms with Gasteiger partial charge in [-0.25, -0.2) is 0 Å². The standard InChI is InChI=1S/C12H12O4/c1-6-3-4-8-5-9(11(13)14)12(15)16-10(8)7(6)2/h3-4,9H,5H2,1-2H3,(H,13,14). The van der Waals surface area contributed by atoms with Gasteiger partial charge in [0.25, 0.3) is 0 Å². The zero-order valence-electron chi connectivity index (χ0n) is 9.11. The van der Waals surface area contributed by atoms with E-state index in [1.54, 1.807) is 0 Å². The number of aliphatic carboxylic acids is 1. The molecule has 1 aromatic rings. The topological polar surface area (TPSA) is 63.6 Å². The molecule has 1 atom stereocenters. The van der Waals surface area contributed by atoms with E-state index in [0.717, 1.165) is 16.7 Å². The minimum absolute atomic E-state index is 0.213. The Morgan fingerprint density at radius 3 is 2.75 bits per heavy atom. The van der Waals surface area contributed by atoms with Gasteiger partial charge in [0.2, 0.25) is 0 Å². The first-order chi connectivity index (χ1) is 7.50. The van der Waals surface area contributed by atoms with Crippen molar-refractivity contribution in [3.8, 4) is 5.75 Å². The molecule has 0 bridgehead atoms. The van der Waals surface area contributed by atoms with E-state index in [2.05, 4.69) is 0 Å². The molecule has 0 fully saturated rings. The van der Waals surface area contributed by atoms with E-state index in [0.29, 0.717) is 5.75 Å². The highest BCUT2D eigenvalue weighted by atomic mass is 16.5. The third-order valence-electron chi connectivity index (χ3n) is 2.97. The third-order valence-corrected chi connectivity index (χ3v) is 2.97. The summed E-state index contributed by atoms with van der Waals surface area (Å²) in [5.41, 5.74) is 2.71. The van der Waals surface area contributed by atoms with Crippen molar-refractivity contribution in [1.29, 1.82) is 0 Å². The first kappa shape index (κ1) is 10.7. The molecule has 1 heterocycles. The summed E-state index contributed by atoms with van der Waals surface area (Å²) in [6.45, 7) is 3.79. The van der Waals surface area contributed by atoms with Gasteiger partial charge in [0.05, 0.1) is 0 Å². The van der Waals surface area contributed by atoms with Crippen molar-refractivity contribution in [3.63, 3.8) is 0 Å². The maximum atomic E-state index is 11.5. The van der Waals surface area contributed by atoms with E-state index >= 15 is 0 Å². The Bertz CT molecular complexity index is 476. The molecular weight excluding hydrogens is 208 g/mol. The molecule has 4 nitrogen and oxygen atoms in total. The zero-order valence-corrected chi connectivity index (χ0v) is 9.11. The summed E-state index contributed by atoms with van der Waals surface area (Å²) >= 11 is 0. The zero-order chi connectivity index (χ0) is 11.9. The largest absolute Gasteiger partial charge is 0.481 e. The highest BCUT2D eigenvalue weighted by Gasteiger charge is 2.34. The van der Waals surface area contributed by atoms with Crippen molar-refractivity contribution in [2.75, 3.05) is 0 Å². The van der Waals surface area contributed by atoms with E-state index < -0.39 is 17.9 Å². The van der Waals surface area contributed by atoms with Crippen LogP contribution in [0.3, 0.4) is 0 Å². The molecule has 0 radical (unpaired) electrons. The Morgan fingerprint density at radius 1 is 1.44 bits per heavy atom. The molecule has 0 saturated carbocycles. The van der Waals surface area contributed by atoms with Gasteiger partial charge in [0.15, 0.2) is 5.92 Å². The molecule has 16 heavy (non-hydrogen) atoms. The van der Waals surface area contributed by atoms with Gasteiger partial charge in [-0.15, -0.1) is 0 Å². The summed E-state index contributed by atoms with van der Waals surface area (Å²) in [5.74, 6) is -2.35. The van der Waals surface area contributed by atoms with Gasteiger partial charge < -0.3 is 9.84 Å². The lowest BCUT2D eigenvalue weighted by atomic mass is 9.93. The van der Waals surface area contributed by atoms with E-state index in [-0.39, 0.29) is 6.42 Å². The first-order valence-corrected chi connectivity index (χ1v) is 5.04. The Kier molecular flexibility index (Phi) is 2.42. The number of rotatable bonds is 1. The fourth-order valence-corrected chi connectivity index (χ4v) is 1.81. The lowest BCUT2D eigenvalue weighted by molar-refractivity contribution is -0.153. The van der Waals surface area contributed by atoms with E-state index in [1.165, 1.54) is 0 Å². The Balaban J connectivity index is 2.46. The normalized spacial score (nSPS) is 18.9. The minimum atomic E-state index is -1.13. The Labute approximate surface area is 92.8 Å². The predicted octanol–water partition coefficient (Wildman–Crippen LogP) is 1.47. The number of hydrogen-bond acceptors (Lipinski definition) is 3. The van der Waals surface area contributed by atoms with Crippen LogP contribution in [0.25, 0.3) is 0 Å². The lowest BCUT2D eigenvalue weighted by Gasteiger charge is -2.22. The number of carbonyl (C=O) groups excluding carboxylic acids is 1. The second kappa shape index (κ2) is 3.63. The predicted molar refractivity (Wildman–Crippen MR) is 56.4 cm³/mol. The van der Waals surface area contributed by atoms with Crippen LogP contribution in [0.4, 0.5) is 0 Å². The summed E-state index contributed by atoms with van der Waals surface area (Å²) in [7, 11) is 0. The summed E-state index contributed by atoms with van der Waals surface area (Å²) in [6, 6.07) is 3.73. The van der Waals surface area contributed by atoms with Crippen molar-refractivity contribution in [1.82, 2.24) is 0 Å². The number of fused-ring (bicyclic) bond motifs is 1. The van der Waals surface area contributed by atoms with Crippen molar-refractivity contribution in [2.45, 2.75) is 20.3 Å². The number of aryl methyl sites for hydroxylation is 1. The van der Waals surface area contributed by atoms with E-state index in [4.69, 9.17) is 9.84 Å². The molecule has 1 unspecified atom stereocenters. The fourth-order valence-electron chi connectivity index (χ4n) is 1.81.